The Morgan fingerprint density at radius 1 is 1.37 bits per heavy atom. The molecule has 0 saturated heterocycles. The van der Waals surface area contributed by atoms with Crippen molar-refractivity contribution in [2.75, 3.05) is 11.9 Å². The van der Waals surface area contributed by atoms with Crippen LogP contribution in [0.2, 0.25) is 0 Å². The number of amides is 2. The van der Waals surface area contributed by atoms with E-state index >= 15 is 0 Å². The molecule has 0 saturated carbocycles. The van der Waals surface area contributed by atoms with Gasteiger partial charge in [-0.05, 0) is 31.9 Å². The molecule has 0 fully saturated rings. The number of benzene rings is 1. The number of rotatable bonds is 4. The quantitative estimate of drug-likeness (QED) is 0.876. The second-order valence-electron chi connectivity index (χ2n) is 4.60. The fraction of sp³-hybridized carbons (Fsp3) is 0.429. The molecule has 0 aliphatic carbocycles. The largest absolute Gasteiger partial charge is 0.480 e. The lowest BCUT2D eigenvalue weighted by atomic mass is 10.1. The van der Waals surface area contributed by atoms with Crippen LogP contribution in [0.15, 0.2) is 18.2 Å². The van der Waals surface area contributed by atoms with Crippen LogP contribution in [-0.4, -0.2) is 30.2 Å². The zero-order valence-electron chi connectivity index (χ0n) is 11.7. The molecule has 5 nitrogen and oxygen atoms in total. The first-order valence-electron chi connectivity index (χ1n) is 6.21. The molecule has 104 valence electrons. The molecule has 1 rings (SSSR count). The number of nitrogens with zero attached hydrogens (tertiary/aromatic N) is 1. The van der Waals surface area contributed by atoms with Gasteiger partial charge in [0, 0.05) is 12.7 Å². The second-order valence-corrected chi connectivity index (χ2v) is 4.60. The summed E-state index contributed by atoms with van der Waals surface area (Å²) in [5.41, 5.74) is 2.86. The lowest BCUT2D eigenvalue weighted by Crippen LogP contribution is -2.46. The van der Waals surface area contributed by atoms with Crippen LogP contribution >= 0.6 is 0 Å². The number of hydrogen-bond acceptors (Lipinski definition) is 2. The Morgan fingerprint density at radius 2 is 2.00 bits per heavy atom. The average Bonchev–Trinajstić information content (AvgIpc) is 2.34. The Labute approximate surface area is 113 Å². The molecule has 0 radical (unpaired) electrons. The van der Waals surface area contributed by atoms with Crippen molar-refractivity contribution in [2.45, 2.75) is 33.2 Å². The van der Waals surface area contributed by atoms with E-state index in [-0.39, 0.29) is 0 Å². The molecule has 0 aromatic heterocycles. The first-order valence-corrected chi connectivity index (χ1v) is 6.21. The Balaban J connectivity index is 2.84. The van der Waals surface area contributed by atoms with Crippen LogP contribution in [0, 0.1) is 13.8 Å². The predicted molar refractivity (Wildman–Crippen MR) is 74.6 cm³/mol. The van der Waals surface area contributed by atoms with Gasteiger partial charge in [0.1, 0.15) is 6.04 Å². The van der Waals surface area contributed by atoms with Crippen LogP contribution in [0.25, 0.3) is 0 Å². The Morgan fingerprint density at radius 3 is 2.47 bits per heavy atom. The van der Waals surface area contributed by atoms with Crippen molar-refractivity contribution in [1.29, 1.82) is 0 Å². The highest BCUT2D eigenvalue weighted by molar-refractivity contribution is 5.94. The molecule has 2 amide bonds. The normalized spacial score (nSPS) is 11.8. The summed E-state index contributed by atoms with van der Waals surface area (Å²) < 4.78 is 0. The first-order chi connectivity index (χ1) is 8.86. The molecule has 0 heterocycles. The van der Waals surface area contributed by atoms with E-state index in [2.05, 4.69) is 5.32 Å². The van der Waals surface area contributed by atoms with Crippen LogP contribution in [0.4, 0.5) is 10.5 Å². The van der Waals surface area contributed by atoms with E-state index in [0.717, 1.165) is 16.8 Å². The van der Waals surface area contributed by atoms with E-state index in [1.807, 2.05) is 32.0 Å². The van der Waals surface area contributed by atoms with Crippen molar-refractivity contribution in [3.8, 4) is 0 Å². The SMILES string of the molecule is CC[C@H](NC(=O)N(C)c1ccc(C)cc1C)C(=O)O. The van der Waals surface area contributed by atoms with Gasteiger partial charge in [-0.25, -0.2) is 9.59 Å². The van der Waals surface area contributed by atoms with E-state index in [9.17, 15) is 9.59 Å². The van der Waals surface area contributed by atoms with E-state index in [1.54, 1.807) is 14.0 Å². The number of nitrogens with one attached hydrogen (secondary N) is 1. The summed E-state index contributed by atoms with van der Waals surface area (Å²) in [6.45, 7) is 5.62. The highest BCUT2D eigenvalue weighted by Crippen LogP contribution is 2.20. The summed E-state index contributed by atoms with van der Waals surface area (Å²) in [4.78, 5) is 24.3. The van der Waals surface area contributed by atoms with Gasteiger partial charge in [-0.15, -0.1) is 0 Å². The number of aliphatic carboxylic acids is 1. The molecule has 0 spiro atoms. The number of carbonyl (C=O) groups is 2. The highest BCUT2D eigenvalue weighted by atomic mass is 16.4. The monoisotopic (exact) mass is 264 g/mol. The van der Waals surface area contributed by atoms with Crippen molar-refractivity contribution in [1.82, 2.24) is 5.32 Å². The van der Waals surface area contributed by atoms with Crippen molar-refractivity contribution in [3.63, 3.8) is 0 Å². The summed E-state index contributed by atoms with van der Waals surface area (Å²) in [5, 5.41) is 11.4. The summed E-state index contributed by atoms with van der Waals surface area (Å²) in [6.07, 6.45) is 0.349. The minimum absolute atomic E-state index is 0.349. The number of urea groups is 1. The van der Waals surface area contributed by atoms with Gasteiger partial charge in [0.2, 0.25) is 0 Å². The van der Waals surface area contributed by atoms with Crippen molar-refractivity contribution >= 4 is 17.7 Å². The Kier molecular flexibility index (Phi) is 4.92. The molecule has 2 N–H and O–H groups in total. The number of carbonyl (C=O) groups excluding carboxylic acids is 1. The smallest absolute Gasteiger partial charge is 0.326 e. The third kappa shape index (κ3) is 3.71. The third-order valence-corrected chi connectivity index (χ3v) is 3.02. The fourth-order valence-corrected chi connectivity index (χ4v) is 1.88. The van der Waals surface area contributed by atoms with Crippen LogP contribution < -0.4 is 10.2 Å². The Hall–Kier alpha value is -2.04. The molecular formula is C14H20N2O3. The maximum Gasteiger partial charge on any atom is 0.326 e. The zero-order chi connectivity index (χ0) is 14.6. The van der Waals surface area contributed by atoms with Crippen molar-refractivity contribution in [2.24, 2.45) is 0 Å². The Bertz CT molecular complexity index is 486. The lowest BCUT2D eigenvalue weighted by molar-refractivity contribution is -0.139. The molecule has 0 aliphatic heterocycles. The highest BCUT2D eigenvalue weighted by Gasteiger charge is 2.21. The molecule has 1 atom stereocenters. The maximum absolute atomic E-state index is 12.0. The van der Waals surface area contributed by atoms with Crippen LogP contribution in [0.3, 0.4) is 0 Å². The minimum Gasteiger partial charge on any atom is -0.480 e. The molecule has 1 aromatic rings. The van der Waals surface area contributed by atoms with Gasteiger partial charge in [-0.1, -0.05) is 24.6 Å². The molecule has 0 aliphatic rings. The van der Waals surface area contributed by atoms with Crippen molar-refractivity contribution in [3.05, 3.63) is 29.3 Å². The summed E-state index contributed by atoms with van der Waals surface area (Å²) in [5.74, 6) is -1.02. The summed E-state index contributed by atoms with van der Waals surface area (Å²) >= 11 is 0. The van der Waals surface area contributed by atoms with Gasteiger partial charge in [0.15, 0.2) is 0 Å². The topological polar surface area (TPSA) is 69.6 Å². The second kappa shape index (κ2) is 6.22. The van der Waals surface area contributed by atoms with E-state index in [4.69, 9.17) is 5.11 Å². The number of carboxylic acid groups (broad SMARTS) is 1. The average molecular weight is 264 g/mol. The van der Waals surface area contributed by atoms with Gasteiger partial charge in [0.25, 0.3) is 0 Å². The third-order valence-electron chi connectivity index (χ3n) is 3.02. The number of aryl methyl sites for hydroxylation is 2. The van der Waals surface area contributed by atoms with E-state index < -0.39 is 18.0 Å². The van der Waals surface area contributed by atoms with Gasteiger partial charge in [-0.2, -0.15) is 0 Å². The first kappa shape index (κ1) is 15.0. The molecule has 19 heavy (non-hydrogen) atoms. The minimum atomic E-state index is -1.02. The van der Waals surface area contributed by atoms with Crippen LogP contribution in [0.1, 0.15) is 24.5 Å². The predicted octanol–water partition coefficient (Wildman–Crippen LogP) is 2.31. The molecule has 5 heteroatoms. The van der Waals surface area contributed by atoms with Crippen molar-refractivity contribution < 1.29 is 14.7 Å². The molecule has 0 bridgehead atoms. The zero-order valence-corrected chi connectivity index (χ0v) is 11.7. The maximum atomic E-state index is 12.0. The van der Waals surface area contributed by atoms with E-state index in [1.165, 1.54) is 4.90 Å². The summed E-state index contributed by atoms with van der Waals surface area (Å²) in [6, 6.07) is 4.47. The molecule has 1 aromatic carbocycles. The van der Waals surface area contributed by atoms with Gasteiger partial charge in [-0.3, -0.25) is 4.90 Å². The fourth-order valence-electron chi connectivity index (χ4n) is 1.88. The van der Waals surface area contributed by atoms with Gasteiger partial charge < -0.3 is 10.4 Å². The van der Waals surface area contributed by atoms with Gasteiger partial charge >= 0.3 is 12.0 Å². The lowest BCUT2D eigenvalue weighted by Gasteiger charge is -2.22. The molecular weight excluding hydrogens is 244 g/mol. The number of hydrogen-bond donors (Lipinski definition) is 2. The van der Waals surface area contributed by atoms with Gasteiger partial charge in [0.05, 0.1) is 0 Å². The number of anilines is 1. The number of carboxylic acids is 1. The van der Waals surface area contributed by atoms with E-state index in [0.29, 0.717) is 6.42 Å². The standard InChI is InChI=1S/C14H20N2O3/c1-5-11(13(17)18)15-14(19)16(4)12-7-6-9(2)8-10(12)3/h6-8,11H,5H2,1-4H3,(H,15,19)(H,17,18)/t11-/m0/s1. The molecule has 0 unspecified atom stereocenters. The summed E-state index contributed by atoms with van der Waals surface area (Å²) in [7, 11) is 1.63. The van der Waals surface area contributed by atoms with Crippen LogP contribution in [0.5, 0.6) is 0 Å². The van der Waals surface area contributed by atoms with Crippen LogP contribution in [-0.2, 0) is 4.79 Å².